The first-order valence-electron chi connectivity index (χ1n) is 11.8. The van der Waals surface area contributed by atoms with Gasteiger partial charge in [-0.05, 0) is 55.2 Å². The van der Waals surface area contributed by atoms with Gasteiger partial charge in [-0.25, -0.2) is 9.97 Å². The molecule has 2 aromatic heterocycles. The second-order valence-corrected chi connectivity index (χ2v) is 9.07. The number of anilines is 3. The Morgan fingerprint density at radius 2 is 1.79 bits per heavy atom. The van der Waals surface area contributed by atoms with Crippen LogP contribution in [0.5, 0.6) is 5.75 Å². The monoisotopic (exact) mass is 457 g/mol. The molecule has 3 heterocycles. The van der Waals surface area contributed by atoms with Gasteiger partial charge < -0.3 is 25.7 Å². The SMILES string of the molecule is CCn1c(N)nc2cc(-c3ccc4c(c3)CN(c3nc(N)nc(C)c3C(C)C)CCO4)ccc21. The highest BCUT2D eigenvalue weighted by molar-refractivity contribution is 5.84. The minimum absolute atomic E-state index is 0.285. The van der Waals surface area contributed by atoms with Crippen molar-refractivity contribution in [2.45, 2.75) is 46.7 Å². The van der Waals surface area contributed by atoms with Gasteiger partial charge in [0, 0.05) is 29.9 Å². The summed E-state index contributed by atoms with van der Waals surface area (Å²) in [5.74, 6) is 2.92. The van der Waals surface area contributed by atoms with Crippen LogP contribution in [0.1, 0.15) is 43.5 Å². The van der Waals surface area contributed by atoms with Gasteiger partial charge in [-0.3, -0.25) is 0 Å². The number of imidazole rings is 1. The molecule has 0 atom stereocenters. The van der Waals surface area contributed by atoms with Gasteiger partial charge in [0.25, 0.3) is 0 Å². The Hall–Kier alpha value is -3.81. The summed E-state index contributed by atoms with van der Waals surface area (Å²) in [4.78, 5) is 15.8. The highest BCUT2D eigenvalue weighted by Gasteiger charge is 2.23. The number of nitrogens with two attached hydrogens (primary N) is 2. The number of hydrogen-bond donors (Lipinski definition) is 2. The number of rotatable bonds is 4. The van der Waals surface area contributed by atoms with E-state index in [2.05, 4.69) is 77.0 Å². The van der Waals surface area contributed by atoms with E-state index in [0.29, 0.717) is 25.0 Å². The molecule has 0 saturated heterocycles. The predicted octanol–water partition coefficient (Wildman–Crippen LogP) is 4.51. The average molecular weight is 458 g/mol. The number of aromatic nitrogens is 4. The van der Waals surface area contributed by atoms with Crippen molar-refractivity contribution in [2.24, 2.45) is 0 Å². The van der Waals surface area contributed by atoms with Gasteiger partial charge in [0.15, 0.2) is 0 Å². The molecule has 176 valence electrons. The Morgan fingerprint density at radius 3 is 2.56 bits per heavy atom. The Balaban J connectivity index is 1.54. The maximum atomic E-state index is 6.11. The van der Waals surface area contributed by atoms with Crippen LogP contribution in [0.15, 0.2) is 36.4 Å². The van der Waals surface area contributed by atoms with Crippen LogP contribution in [0.2, 0.25) is 0 Å². The van der Waals surface area contributed by atoms with E-state index >= 15 is 0 Å². The molecule has 4 N–H and O–H groups in total. The zero-order valence-corrected chi connectivity index (χ0v) is 20.2. The lowest BCUT2D eigenvalue weighted by Crippen LogP contribution is -2.28. The molecular weight excluding hydrogens is 426 g/mol. The second kappa shape index (κ2) is 8.52. The first kappa shape index (κ1) is 22.0. The third-order valence-electron chi connectivity index (χ3n) is 6.48. The molecule has 0 fully saturated rings. The lowest BCUT2D eigenvalue weighted by molar-refractivity contribution is 0.331. The molecule has 5 rings (SSSR count). The number of ether oxygens (including phenoxy) is 1. The summed E-state index contributed by atoms with van der Waals surface area (Å²) >= 11 is 0. The van der Waals surface area contributed by atoms with Crippen molar-refractivity contribution in [1.82, 2.24) is 19.5 Å². The van der Waals surface area contributed by atoms with Crippen molar-refractivity contribution in [1.29, 1.82) is 0 Å². The maximum Gasteiger partial charge on any atom is 0.222 e. The zero-order chi connectivity index (χ0) is 24.0. The van der Waals surface area contributed by atoms with Crippen molar-refractivity contribution in [3.05, 3.63) is 53.2 Å². The van der Waals surface area contributed by atoms with E-state index in [1.807, 2.05) is 11.5 Å². The largest absolute Gasteiger partial charge is 0.491 e. The lowest BCUT2D eigenvalue weighted by atomic mass is 10.00. The second-order valence-electron chi connectivity index (χ2n) is 9.07. The molecule has 8 heteroatoms. The van der Waals surface area contributed by atoms with Gasteiger partial charge >= 0.3 is 0 Å². The molecule has 34 heavy (non-hydrogen) atoms. The number of benzene rings is 2. The van der Waals surface area contributed by atoms with E-state index in [1.165, 1.54) is 0 Å². The first-order chi connectivity index (χ1) is 16.4. The van der Waals surface area contributed by atoms with E-state index in [1.54, 1.807) is 0 Å². The predicted molar refractivity (Wildman–Crippen MR) is 137 cm³/mol. The lowest BCUT2D eigenvalue weighted by Gasteiger charge is -2.26. The molecule has 0 bridgehead atoms. The van der Waals surface area contributed by atoms with Crippen LogP contribution in [0.4, 0.5) is 17.7 Å². The zero-order valence-electron chi connectivity index (χ0n) is 20.2. The fraction of sp³-hybridized carbons (Fsp3) is 0.346. The minimum atomic E-state index is 0.285. The molecule has 0 amide bonds. The summed E-state index contributed by atoms with van der Waals surface area (Å²) in [7, 11) is 0. The molecule has 1 aliphatic heterocycles. The van der Waals surface area contributed by atoms with Crippen molar-refractivity contribution in [2.75, 3.05) is 29.5 Å². The molecule has 0 saturated carbocycles. The Bertz CT molecular complexity index is 1380. The molecule has 1 aliphatic rings. The van der Waals surface area contributed by atoms with Gasteiger partial charge in [0.2, 0.25) is 11.9 Å². The number of nitrogen functional groups attached to an aromatic ring is 2. The summed E-state index contributed by atoms with van der Waals surface area (Å²) in [6, 6.07) is 12.7. The Labute approximate surface area is 199 Å². The Kier molecular flexibility index (Phi) is 5.51. The van der Waals surface area contributed by atoms with Crippen LogP contribution in [-0.4, -0.2) is 32.7 Å². The van der Waals surface area contributed by atoms with Gasteiger partial charge in [-0.1, -0.05) is 26.0 Å². The molecule has 0 spiro atoms. The highest BCUT2D eigenvalue weighted by Crippen LogP contribution is 2.35. The summed E-state index contributed by atoms with van der Waals surface area (Å²) in [6.07, 6.45) is 0. The van der Waals surface area contributed by atoms with Crippen molar-refractivity contribution >= 4 is 28.7 Å². The van der Waals surface area contributed by atoms with Crippen LogP contribution < -0.4 is 21.1 Å². The number of aryl methyl sites for hydroxylation is 2. The van der Waals surface area contributed by atoms with Crippen molar-refractivity contribution < 1.29 is 4.74 Å². The molecule has 2 aromatic carbocycles. The fourth-order valence-corrected chi connectivity index (χ4v) is 4.92. The molecule has 8 nitrogen and oxygen atoms in total. The summed E-state index contributed by atoms with van der Waals surface area (Å²) in [5, 5.41) is 0. The average Bonchev–Trinajstić information content (AvgIpc) is 2.97. The van der Waals surface area contributed by atoms with Crippen LogP contribution in [0.25, 0.3) is 22.2 Å². The molecule has 0 unspecified atom stereocenters. The number of nitrogens with zero attached hydrogens (tertiary/aromatic N) is 5. The smallest absolute Gasteiger partial charge is 0.222 e. The summed E-state index contributed by atoms with van der Waals surface area (Å²) in [6.45, 7) is 11.2. The number of fused-ring (bicyclic) bond motifs is 2. The van der Waals surface area contributed by atoms with E-state index < -0.39 is 0 Å². The molecule has 0 aliphatic carbocycles. The molecule has 4 aromatic rings. The molecular formula is C26H31N7O. The fourth-order valence-electron chi connectivity index (χ4n) is 4.92. The minimum Gasteiger partial charge on any atom is -0.491 e. The van der Waals surface area contributed by atoms with Crippen LogP contribution in [0.3, 0.4) is 0 Å². The van der Waals surface area contributed by atoms with E-state index in [0.717, 1.165) is 63.6 Å². The Morgan fingerprint density at radius 1 is 1.03 bits per heavy atom. The van der Waals surface area contributed by atoms with Gasteiger partial charge in [-0.15, -0.1) is 0 Å². The van der Waals surface area contributed by atoms with Crippen LogP contribution in [-0.2, 0) is 13.1 Å². The summed E-state index contributed by atoms with van der Waals surface area (Å²) < 4.78 is 8.12. The number of hydrogen-bond acceptors (Lipinski definition) is 7. The van der Waals surface area contributed by atoms with Crippen LogP contribution >= 0.6 is 0 Å². The third kappa shape index (κ3) is 3.79. The summed E-state index contributed by atoms with van der Waals surface area (Å²) in [5.41, 5.74) is 19.5. The molecule has 0 radical (unpaired) electrons. The topological polar surface area (TPSA) is 108 Å². The van der Waals surface area contributed by atoms with E-state index in [9.17, 15) is 0 Å². The van der Waals surface area contributed by atoms with Gasteiger partial charge in [0.05, 0.1) is 17.6 Å². The van der Waals surface area contributed by atoms with E-state index in [-0.39, 0.29) is 5.92 Å². The van der Waals surface area contributed by atoms with Crippen molar-refractivity contribution in [3.63, 3.8) is 0 Å². The third-order valence-corrected chi connectivity index (χ3v) is 6.48. The first-order valence-corrected chi connectivity index (χ1v) is 11.8. The van der Waals surface area contributed by atoms with Gasteiger partial charge in [-0.2, -0.15) is 4.98 Å². The maximum absolute atomic E-state index is 6.11. The normalized spacial score (nSPS) is 13.7. The highest BCUT2D eigenvalue weighted by atomic mass is 16.5. The quantitative estimate of drug-likeness (QED) is 0.464. The standard InChI is InChI=1S/C26H31N7O/c1-5-33-21-8-6-18(13-20(21)30-26(33)28)17-7-9-22-19(12-17)14-32(10-11-34-22)24-23(15(2)3)16(4)29-25(27)31-24/h6-9,12-13,15H,5,10-11,14H2,1-4H3,(H2,28,30)(H2,27,29,31). The van der Waals surface area contributed by atoms with E-state index in [4.69, 9.17) is 16.2 Å². The van der Waals surface area contributed by atoms with Crippen LogP contribution in [0, 0.1) is 6.92 Å². The van der Waals surface area contributed by atoms with Crippen molar-refractivity contribution in [3.8, 4) is 16.9 Å². The van der Waals surface area contributed by atoms with Gasteiger partial charge in [0.1, 0.15) is 18.2 Å².